The molecule has 0 aromatic heterocycles. The molecular weight excluding hydrogens is 247 g/mol. The number of benzene rings is 1. The Balaban J connectivity index is 2.59. The van der Waals surface area contributed by atoms with Gasteiger partial charge >= 0.3 is 6.18 Å². The van der Waals surface area contributed by atoms with E-state index < -0.39 is 24.8 Å². The lowest BCUT2D eigenvalue weighted by molar-refractivity contribution is -0.185. The highest BCUT2D eigenvalue weighted by molar-refractivity contribution is 5.95. The number of para-hydroxylation sites is 1. The largest absolute Gasteiger partial charge is 0.411 e. The Morgan fingerprint density at radius 2 is 1.89 bits per heavy atom. The van der Waals surface area contributed by atoms with Crippen molar-refractivity contribution in [2.24, 2.45) is 0 Å². The molecule has 1 aromatic carbocycles. The smallest absolute Gasteiger partial charge is 0.359 e. The second kappa shape index (κ2) is 5.86. The number of halogens is 3. The average molecular weight is 261 g/mol. The van der Waals surface area contributed by atoms with Crippen LogP contribution in [0.2, 0.25) is 0 Å². The fourth-order valence-corrected chi connectivity index (χ4v) is 1.34. The molecule has 0 radical (unpaired) electrons. The van der Waals surface area contributed by atoms with Gasteiger partial charge in [0.15, 0.2) is 0 Å². The minimum absolute atomic E-state index is 0.523. The Kier molecular flexibility index (Phi) is 4.72. The third kappa shape index (κ3) is 4.37. The fraction of sp³-hybridized carbons (Fsp3) is 0.417. The van der Waals surface area contributed by atoms with Gasteiger partial charge < -0.3 is 9.64 Å². The van der Waals surface area contributed by atoms with Crippen molar-refractivity contribution in [3.63, 3.8) is 0 Å². The lowest BCUT2D eigenvalue weighted by Crippen LogP contribution is -2.38. The summed E-state index contributed by atoms with van der Waals surface area (Å²) < 4.78 is 40.4. The van der Waals surface area contributed by atoms with E-state index in [1.54, 1.807) is 30.3 Å². The Bertz CT molecular complexity index is 392. The van der Waals surface area contributed by atoms with E-state index in [4.69, 9.17) is 0 Å². The van der Waals surface area contributed by atoms with Crippen LogP contribution in [-0.2, 0) is 9.53 Å². The molecule has 1 aromatic rings. The molecule has 3 nitrogen and oxygen atoms in total. The lowest BCUT2D eigenvalue weighted by Gasteiger charge is -2.22. The molecule has 0 N–H and O–H groups in total. The number of carbonyl (C=O) groups excluding carboxylic acids is 1. The van der Waals surface area contributed by atoms with Crippen LogP contribution >= 0.6 is 0 Å². The third-order valence-corrected chi connectivity index (χ3v) is 2.32. The number of rotatable bonds is 4. The van der Waals surface area contributed by atoms with Gasteiger partial charge in [0.25, 0.3) is 5.91 Å². The van der Waals surface area contributed by atoms with E-state index in [0.29, 0.717) is 5.69 Å². The van der Waals surface area contributed by atoms with Crippen molar-refractivity contribution in [3.05, 3.63) is 30.3 Å². The van der Waals surface area contributed by atoms with Gasteiger partial charge in [-0.15, -0.1) is 0 Å². The minimum Gasteiger partial charge on any atom is -0.359 e. The number of nitrogens with zero attached hydrogens (tertiary/aromatic N) is 1. The SMILES string of the molecule is CC(OCC(F)(F)F)C(=O)N(C)c1ccccc1. The highest BCUT2D eigenvalue weighted by Gasteiger charge is 2.30. The maximum absolute atomic E-state index is 12.0. The summed E-state index contributed by atoms with van der Waals surface area (Å²) in [5, 5.41) is 0. The van der Waals surface area contributed by atoms with Crippen molar-refractivity contribution in [1.82, 2.24) is 0 Å². The summed E-state index contributed by atoms with van der Waals surface area (Å²) in [6.07, 6.45) is -5.57. The first-order valence-electron chi connectivity index (χ1n) is 5.32. The third-order valence-electron chi connectivity index (χ3n) is 2.32. The van der Waals surface area contributed by atoms with Crippen LogP contribution in [0.4, 0.5) is 18.9 Å². The molecule has 0 aliphatic carbocycles. The standard InChI is InChI=1S/C12H14F3NO2/c1-9(18-8-12(13,14)15)11(17)16(2)10-6-4-3-5-7-10/h3-7,9H,8H2,1-2H3. The van der Waals surface area contributed by atoms with Gasteiger partial charge in [-0.25, -0.2) is 0 Å². The van der Waals surface area contributed by atoms with Gasteiger partial charge in [0.05, 0.1) is 0 Å². The van der Waals surface area contributed by atoms with Crippen LogP contribution in [0.3, 0.4) is 0 Å². The predicted molar refractivity (Wildman–Crippen MR) is 61.3 cm³/mol. The molecule has 100 valence electrons. The van der Waals surface area contributed by atoms with Crippen LogP contribution < -0.4 is 4.90 Å². The van der Waals surface area contributed by atoms with E-state index in [0.717, 1.165) is 0 Å². The summed E-state index contributed by atoms with van der Waals surface area (Å²) in [7, 11) is 1.49. The molecule has 1 unspecified atom stereocenters. The van der Waals surface area contributed by atoms with Gasteiger partial charge in [-0.2, -0.15) is 13.2 Å². The first-order valence-corrected chi connectivity index (χ1v) is 5.32. The van der Waals surface area contributed by atoms with Crippen molar-refractivity contribution in [2.45, 2.75) is 19.2 Å². The molecule has 0 fully saturated rings. The lowest BCUT2D eigenvalue weighted by atomic mass is 10.2. The summed E-state index contributed by atoms with van der Waals surface area (Å²) in [6, 6.07) is 8.63. The van der Waals surface area contributed by atoms with E-state index in [2.05, 4.69) is 4.74 Å². The van der Waals surface area contributed by atoms with E-state index in [1.807, 2.05) is 0 Å². The molecule has 0 bridgehead atoms. The quantitative estimate of drug-likeness (QED) is 0.833. The normalized spacial score (nSPS) is 13.2. The van der Waals surface area contributed by atoms with E-state index >= 15 is 0 Å². The Morgan fingerprint density at radius 1 is 1.33 bits per heavy atom. The van der Waals surface area contributed by atoms with Crippen LogP contribution in [0.15, 0.2) is 30.3 Å². The number of ether oxygens (including phenoxy) is 1. The summed E-state index contributed by atoms with van der Waals surface area (Å²) in [5.41, 5.74) is 0.602. The van der Waals surface area contributed by atoms with Crippen LogP contribution in [0.5, 0.6) is 0 Å². The topological polar surface area (TPSA) is 29.5 Å². The Hall–Kier alpha value is -1.56. The molecule has 1 atom stereocenters. The van der Waals surface area contributed by atoms with Gasteiger partial charge in [0.2, 0.25) is 0 Å². The van der Waals surface area contributed by atoms with Crippen molar-refractivity contribution >= 4 is 11.6 Å². The van der Waals surface area contributed by atoms with Crippen LogP contribution in [0.1, 0.15) is 6.92 Å². The van der Waals surface area contributed by atoms with Gasteiger partial charge in [0, 0.05) is 12.7 Å². The molecule has 18 heavy (non-hydrogen) atoms. The van der Waals surface area contributed by atoms with Gasteiger partial charge in [0.1, 0.15) is 12.7 Å². The molecule has 0 saturated carbocycles. The summed E-state index contributed by atoms with van der Waals surface area (Å²) >= 11 is 0. The summed E-state index contributed by atoms with van der Waals surface area (Å²) in [6.45, 7) is -0.129. The molecule has 0 aliphatic heterocycles. The summed E-state index contributed by atoms with van der Waals surface area (Å²) in [5.74, 6) is -0.523. The van der Waals surface area contributed by atoms with E-state index in [-0.39, 0.29) is 0 Å². The first-order chi connectivity index (χ1) is 8.31. The second-order valence-electron chi connectivity index (χ2n) is 3.80. The molecule has 6 heteroatoms. The number of likely N-dealkylation sites (N-methyl/N-ethyl adjacent to an activating group) is 1. The maximum Gasteiger partial charge on any atom is 0.411 e. The first kappa shape index (κ1) is 14.5. The van der Waals surface area contributed by atoms with Gasteiger partial charge in [-0.3, -0.25) is 4.79 Å². The van der Waals surface area contributed by atoms with Crippen molar-refractivity contribution < 1.29 is 22.7 Å². The maximum atomic E-state index is 12.0. The molecule has 0 saturated heterocycles. The van der Waals surface area contributed by atoms with Crippen molar-refractivity contribution in [1.29, 1.82) is 0 Å². The number of hydrogen-bond acceptors (Lipinski definition) is 2. The Labute approximate surface area is 103 Å². The van der Waals surface area contributed by atoms with E-state index in [9.17, 15) is 18.0 Å². The zero-order valence-electron chi connectivity index (χ0n) is 10.1. The number of alkyl halides is 3. The average Bonchev–Trinajstić information content (AvgIpc) is 2.34. The molecule has 0 spiro atoms. The highest BCUT2D eigenvalue weighted by atomic mass is 19.4. The molecule has 0 heterocycles. The minimum atomic E-state index is -4.43. The van der Waals surface area contributed by atoms with Crippen LogP contribution in [0, 0.1) is 0 Å². The molecule has 0 aliphatic rings. The molecule has 1 amide bonds. The predicted octanol–water partition coefficient (Wildman–Crippen LogP) is 2.62. The molecular formula is C12H14F3NO2. The van der Waals surface area contributed by atoms with Crippen molar-refractivity contribution in [3.8, 4) is 0 Å². The zero-order valence-corrected chi connectivity index (χ0v) is 10.1. The monoisotopic (exact) mass is 261 g/mol. The number of anilines is 1. The highest BCUT2D eigenvalue weighted by Crippen LogP contribution is 2.17. The van der Waals surface area contributed by atoms with E-state index in [1.165, 1.54) is 18.9 Å². The van der Waals surface area contributed by atoms with Gasteiger partial charge in [-0.1, -0.05) is 18.2 Å². The number of carbonyl (C=O) groups is 1. The number of hydrogen-bond donors (Lipinski definition) is 0. The fourth-order valence-electron chi connectivity index (χ4n) is 1.34. The van der Waals surface area contributed by atoms with Crippen molar-refractivity contribution in [2.75, 3.05) is 18.6 Å². The van der Waals surface area contributed by atoms with Gasteiger partial charge in [-0.05, 0) is 19.1 Å². The summed E-state index contributed by atoms with van der Waals surface area (Å²) in [4.78, 5) is 13.1. The molecule has 1 rings (SSSR count). The van der Waals surface area contributed by atoms with Crippen LogP contribution in [-0.4, -0.2) is 31.8 Å². The van der Waals surface area contributed by atoms with Crippen LogP contribution in [0.25, 0.3) is 0 Å². The zero-order chi connectivity index (χ0) is 13.8. The Morgan fingerprint density at radius 3 is 2.39 bits per heavy atom. The second-order valence-corrected chi connectivity index (χ2v) is 3.80. The number of amides is 1.